The van der Waals surface area contributed by atoms with Gasteiger partial charge in [-0.15, -0.1) is 6.58 Å². The molecule has 0 N–H and O–H groups in total. The van der Waals surface area contributed by atoms with Gasteiger partial charge in [-0.2, -0.15) is 0 Å². The molecule has 4 nitrogen and oxygen atoms in total. The molecule has 4 heteroatoms. The van der Waals surface area contributed by atoms with Gasteiger partial charge in [-0.25, -0.2) is 0 Å². The molecule has 3 atom stereocenters. The number of nitrogens with zero attached hydrogens (tertiary/aromatic N) is 4. The highest BCUT2D eigenvalue weighted by atomic mass is 15.3. The molecule has 2 aliphatic heterocycles. The van der Waals surface area contributed by atoms with E-state index in [-0.39, 0.29) is 0 Å². The van der Waals surface area contributed by atoms with Gasteiger partial charge in [0.15, 0.2) is 0 Å². The fourth-order valence-electron chi connectivity index (χ4n) is 6.57. The van der Waals surface area contributed by atoms with E-state index in [9.17, 15) is 0 Å². The Hall–Kier alpha value is -1.94. The third-order valence-electron chi connectivity index (χ3n) is 8.18. The van der Waals surface area contributed by atoms with Crippen molar-refractivity contribution in [2.45, 2.75) is 51.0 Å². The van der Waals surface area contributed by atoms with Crippen LogP contribution < -0.4 is 0 Å². The fraction of sp³-hybridized carbons (Fsp3) is 0.565. The van der Waals surface area contributed by atoms with Crippen LogP contribution in [0.4, 0.5) is 0 Å². The van der Waals surface area contributed by atoms with Crippen molar-refractivity contribution in [2.75, 3.05) is 19.6 Å². The number of likely N-dealkylation sites (tertiary alicyclic amines) is 1. The molecular formula is C23H30N4. The average Bonchev–Trinajstić information content (AvgIpc) is 3.44. The number of allylic oxidation sites excluding steroid dienone is 4. The van der Waals surface area contributed by atoms with Gasteiger partial charge in [0, 0.05) is 18.5 Å². The van der Waals surface area contributed by atoms with Gasteiger partial charge in [-0.1, -0.05) is 12.7 Å². The predicted molar refractivity (Wildman–Crippen MR) is 112 cm³/mol. The Kier molecular flexibility index (Phi) is 3.52. The highest BCUT2D eigenvalue weighted by molar-refractivity contribution is 5.82. The maximum absolute atomic E-state index is 4.62. The molecule has 2 heterocycles. The van der Waals surface area contributed by atoms with Crippen LogP contribution in [0.3, 0.4) is 0 Å². The minimum atomic E-state index is 0.452. The van der Waals surface area contributed by atoms with Crippen molar-refractivity contribution in [1.29, 1.82) is 0 Å². The van der Waals surface area contributed by atoms with Gasteiger partial charge in [0.25, 0.3) is 0 Å². The lowest BCUT2D eigenvalue weighted by Crippen LogP contribution is -2.47. The highest BCUT2D eigenvalue weighted by Crippen LogP contribution is 2.92. The van der Waals surface area contributed by atoms with Gasteiger partial charge in [-0.05, 0) is 75.7 Å². The van der Waals surface area contributed by atoms with E-state index >= 15 is 0 Å². The second-order valence-corrected chi connectivity index (χ2v) is 9.09. The summed E-state index contributed by atoms with van der Waals surface area (Å²) in [5.74, 6) is 0. The van der Waals surface area contributed by atoms with Gasteiger partial charge in [0.1, 0.15) is 0 Å². The van der Waals surface area contributed by atoms with Crippen LogP contribution in [-0.2, 0) is 0 Å². The van der Waals surface area contributed by atoms with Crippen LogP contribution in [0.15, 0.2) is 58.1 Å². The lowest BCUT2D eigenvalue weighted by molar-refractivity contribution is 0.0878. The van der Waals surface area contributed by atoms with Gasteiger partial charge in [-0.3, -0.25) is 14.9 Å². The SMILES string of the molecule is C=CC/C(N=C)=C1\C=NC(C)=C(C=C)N1CC12CCC3(N4CCC4)CC13C2. The van der Waals surface area contributed by atoms with Crippen LogP contribution >= 0.6 is 0 Å². The van der Waals surface area contributed by atoms with Crippen molar-refractivity contribution in [3.05, 3.63) is 48.1 Å². The predicted octanol–water partition coefficient (Wildman–Crippen LogP) is 4.30. The average molecular weight is 363 g/mol. The lowest BCUT2D eigenvalue weighted by atomic mass is 9.97. The van der Waals surface area contributed by atoms with E-state index in [2.05, 4.69) is 46.6 Å². The first-order chi connectivity index (χ1) is 13.1. The summed E-state index contributed by atoms with van der Waals surface area (Å²) in [7, 11) is 0. The van der Waals surface area contributed by atoms with Crippen molar-refractivity contribution in [2.24, 2.45) is 20.8 Å². The van der Waals surface area contributed by atoms with E-state index in [0.29, 0.717) is 22.8 Å². The van der Waals surface area contributed by atoms with Crippen LogP contribution in [0.5, 0.6) is 0 Å². The number of rotatable bonds is 7. The lowest BCUT2D eigenvalue weighted by Gasteiger charge is -2.39. The van der Waals surface area contributed by atoms with Gasteiger partial charge in [0.2, 0.25) is 0 Å². The van der Waals surface area contributed by atoms with E-state index in [1.807, 2.05) is 18.4 Å². The van der Waals surface area contributed by atoms with Crippen molar-refractivity contribution < 1.29 is 0 Å². The fourth-order valence-corrected chi connectivity index (χ4v) is 6.57. The Morgan fingerprint density at radius 2 is 2.11 bits per heavy atom. The Morgan fingerprint density at radius 1 is 1.30 bits per heavy atom. The topological polar surface area (TPSA) is 31.2 Å². The largest absolute Gasteiger partial charge is 0.337 e. The third-order valence-corrected chi connectivity index (χ3v) is 8.18. The van der Waals surface area contributed by atoms with E-state index in [4.69, 9.17) is 0 Å². The molecule has 0 aromatic heterocycles. The van der Waals surface area contributed by atoms with Gasteiger partial charge >= 0.3 is 0 Å². The second-order valence-electron chi connectivity index (χ2n) is 9.09. The van der Waals surface area contributed by atoms with E-state index < -0.39 is 0 Å². The number of aliphatic imine (C=N–C) groups is 2. The van der Waals surface area contributed by atoms with Crippen molar-refractivity contribution in [1.82, 2.24) is 9.80 Å². The minimum Gasteiger partial charge on any atom is -0.337 e. The number of hydrogen-bond acceptors (Lipinski definition) is 4. The first-order valence-electron chi connectivity index (χ1n) is 10.3. The van der Waals surface area contributed by atoms with Crippen LogP contribution in [0.2, 0.25) is 0 Å². The van der Waals surface area contributed by atoms with Crippen molar-refractivity contribution in [3.8, 4) is 0 Å². The maximum Gasteiger partial charge on any atom is 0.0818 e. The van der Waals surface area contributed by atoms with Crippen molar-refractivity contribution in [3.63, 3.8) is 0 Å². The summed E-state index contributed by atoms with van der Waals surface area (Å²) in [6.07, 6.45) is 13.5. The molecule has 5 rings (SSSR count). The van der Waals surface area contributed by atoms with Crippen LogP contribution in [0.1, 0.15) is 45.4 Å². The second kappa shape index (κ2) is 5.54. The van der Waals surface area contributed by atoms with E-state index in [1.165, 1.54) is 45.2 Å². The summed E-state index contributed by atoms with van der Waals surface area (Å²) in [5, 5.41) is 0. The normalized spacial score (nSPS) is 40.9. The Balaban J connectivity index is 1.47. The summed E-state index contributed by atoms with van der Waals surface area (Å²) in [4.78, 5) is 14.2. The maximum atomic E-state index is 4.62. The van der Waals surface area contributed by atoms with Gasteiger partial charge in [0.05, 0.1) is 29.0 Å². The Bertz CT molecular complexity index is 821. The molecule has 0 aromatic rings. The summed E-state index contributed by atoms with van der Waals surface area (Å²) >= 11 is 0. The molecule has 0 bridgehead atoms. The first-order valence-corrected chi connectivity index (χ1v) is 10.3. The monoisotopic (exact) mass is 362 g/mol. The van der Waals surface area contributed by atoms with E-state index in [0.717, 1.165) is 29.3 Å². The Labute approximate surface area is 162 Å². The molecule has 3 saturated carbocycles. The minimum absolute atomic E-state index is 0.452. The molecule has 4 fully saturated rings. The molecule has 3 aliphatic carbocycles. The molecule has 0 aromatic carbocycles. The zero-order chi connectivity index (χ0) is 18.9. The first kappa shape index (κ1) is 17.2. The standard InChI is InChI=1S/C23H30N4/c1-5-8-18(24-4)20-13-25-17(3)19(6-2)27(20)16-21-9-10-23(26-11-7-12-26)15-22(21,23)14-21/h5-6,13H,1-2,4,7-12,14-16H2,3H3/b20-18-. The van der Waals surface area contributed by atoms with E-state index in [1.54, 1.807) is 0 Å². The van der Waals surface area contributed by atoms with Crippen LogP contribution in [0, 0.1) is 10.8 Å². The summed E-state index contributed by atoms with van der Waals surface area (Å²) < 4.78 is 0. The highest BCUT2D eigenvalue weighted by Gasteiger charge is 2.91. The quantitative estimate of drug-likeness (QED) is 0.499. The zero-order valence-corrected chi connectivity index (χ0v) is 16.5. The smallest absolute Gasteiger partial charge is 0.0818 e. The molecule has 1 saturated heterocycles. The third kappa shape index (κ3) is 2.02. The zero-order valence-electron chi connectivity index (χ0n) is 16.5. The molecule has 27 heavy (non-hydrogen) atoms. The Morgan fingerprint density at radius 3 is 2.67 bits per heavy atom. The van der Waals surface area contributed by atoms with Crippen molar-refractivity contribution >= 4 is 12.9 Å². The van der Waals surface area contributed by atoms with Gasteiger partial charge < -0.3 is 4.90 Å². The summed E-state index contributed by atoms with van der Waals surface area (Å²) in [6.45, 7) is 17.5. The van der Waals surface area contributed by atoms with Crippen LogP contribution in [-0.4, -0.2) is 47.9 Å². The molecule has 5 aliphatic rings. The molecule has 1 spiro atoms. The molecular weight excluding hydrogens is 332 g/mol. The van der Waals surface area contributed by atoms with Crippen LogP contribution in [0.25, 0.3) is 0 Å². The summed E-state index contributed by atoms with van der Waals surface area (Å²) in [5.41, 5.74) is 5.76. The molecule has 0 amide bonds. The molecule has 0 radical (unpaired) electrons. The molecule has 142 valence electrons. The summed E-state index contributed by atoms with van der Waals surface area (Å²) in [6, 6.07) is 0. The number of hydrogen-bond donors (Lipinski definition) is 0. The molecule has 3 unspecified atom stereocenters.